The van der Waals surface area contributed by atoms with Gasteiger partial charge in [0, 0.05) is 57.1 Å². The summed E-state index contributed by atoms with van der Waals surface area (Å²) in [7, 11) is 0. The molecule has 0 N–H and O–H groups in total. The third-order valence-electron chi connectivity index (χ3n) is 13.8. The molecule has 1 aromatic heterocycles. The van der Waals surface area contributed by atoms with Gasteiger partial charge in [-0.3, -0.25) is 0 Å². The fraction of sp³-hybridized carbons (Fsp3) is 0.200. The number of aryl methyl sites for hydroxylation is 4. The van der Waals surface area contributed by atoms with Crippen LogP contribution in [-0.2, 0) is 48.4 Å². The summed E-state index contributed by atoms with van der Waals surface area (Å²) in [4.78, 5) is 7.20. The van der Waals surface area contributed by atoms with E-state index in [1.165, 1.54) is 43.1 Å². The standard InChI is InChI=1S/C70H70N2O2S/c1-5-11-55-23-35-63(36-24-55)71(65-39-27-58(28-40-65)14-10-50-73-49-9-13-57-19-15-53(7-3)16-20-57)67-43-31-61(32-44-67)69-47-48-70(75-69)62-33-45-68(46-34-62)72(64-37-25-56(12-6-2)26-38-64)66-41-29-60(30-42-66)52-74-51-59-21-17-54(8-4)18-22-59/h7-8,15-48H,3-6,9-14,49-52H2,1-2H3. The first-order chi connectivity index (χ1) is 37.0. The molecular weight excluding hydrogens is 933 g/mol. The Hall–Kier alpha value is -7.54. The predicted octanol–water partition coefficient (Wildman–Crippen LogP) is 19.5. The fourth-order valence-corrected chi connectivity index (χ4v) is 10.6. The molecule has 0 spiro atoms. The molecular formula is C70H70N2O2S. The summed E-state index contributed by atoms with van der Waals surface area (Å²) in [6, 6.07) is 75.5. The maximum atomic E-state index is 6.12. The molecule has 4 nitrogen and oxygen atoms in total. The molecule has 0 aliphatic rings. The maximum absolute atomic E-state index is 6.12. The molecule has 0 aliphatic heterocycles. The number of nitrogens with zero attached hydrogens (tertiary/aromatic N) is 2. The maximum Gasteiger partial charge on any atom is 0.0721 e. The van der Waals surface area contributed by atoms with Crippen molar-refractivity contribution >= 4 is 57.6 Å². The Morgan fingerprint density at radius 3 is 0.973 bits per heavy atom. The Bertz CT molecular complexity index is 3160. The minimum absolute atomic E-state index is 0.546. The molecule has 0 saturated heterocycles. The van der Waals surface area contributed by atoms with Gasteiger partial charge in [-0.15, -0.1) is 11.3 Å². The van der Waals surface area contributed by atoms with Gasteiger partial charge in [0.25, 0.3) is 0 Å². The van der Waals surface area contributed by atoms with E-state index in [1.54, 1.807) is 0 Å². The van der Waals surface area contributed by atoms with Gasteiger partial charge in [0.05, 0.1) is 13.2 Å². The molecule has 0 amide bonds. The van der Waals surface area contributed by atoms with E-state index < -0.39 is 0 Å². The van der Waals surface area contributed by atoms with Gasteiger partial charge >= 0.3 is 0 Å². The lowest BCUT2D eigenvalue weighted by molar-refractivity contribution is 0.107. The van der Waals surface area contributed by atoms with Gasteiger partial charge in [0.15, 0.2) is 0 Å². The van der Waals surface area contributed by atoms with Crippen LogP contribution >= 0.6 is 11.3 Å². The second kappa shape index (κ2) is 26.6. The Morgan fingerprint density at radius 1 is 0.347 bits per heavy atom. The third-order valence-corrected chi connectivity index (χ3v) is 14.9. The first-order valence-electron chi connectivity index (χ1n) is 26.8. The molecule has 378 valence electrons. The number of hydrogen-bond acceptors (Lipinski definition) is 5. The third kappa shape index (κ3) is 14.2. The van der Waals surface area contributed by atoms with Crippen molar-refractivity contribution in [2.24, 2.45) is 0 Å². The van der Waals surface area contributed by atoms with E-state index in [1.807, 2.05) is 23.5 Å². The summed E-state index contributed by atoms with van der Waals surface area (Å²) in [6.07, 6.45) is 12.2. The average Bonchev–Trinajstić information content (AvgIpc) is 3.96. The van der Waals surface area contributed by atoms with Crippen LogP contribution in [0, 0.1) is 0 Å². The highest BCUT2D eigenvalue weighted by molar-refractivity contribution is 7.18. The fourth-order valence-electron chi connectivity index (χ4n) is 9.56. The smallest absolute Gasteiger partial charge is 0.0721 e. The normalized spacial score (nSPS) is 11.1. The van der Waals surface area contributed by atoms with E-state index in [-0.39, 0.29) is 0 Å². The molecule has 75 heavy (non-hydrogen) atoms. The predicted molar refractivity (Wildman–Crippen MR) is 322 cm³/mol. The van der Waals surface area contributed by atoms with E-state index in [0.717, 1.165) is 121 Å². The minimum Gasteiger partial charge on any atom is -0.381 e. The van der Waals surface area contributed by atoms with Gasteiger partial charge < -0.3 is 19.3 Å². The van der Waals surface area contributed by atoms with Gasteiger partial charge in [0.1, 0.15) is 0 Å². The largest absolute Gasteiger partial charge is 0.381 e. The number of anilines is 6. The number of ether oxygens (including phenoxy) is 2. The van der Waals surface area contributed by atoms with Crippen molar-refractivity contribution < 1.29 is 9.47 Å². The van der Waals surface area contributed by atoms with Crippen LogP contribution in [0.25, 0.3) is 33.0 Å². The van der Waals surface area contributed by atoms with Crippen LogP contribution in [0.3, 0.4) is 0 Å². The van der Waals surface area contributed by atoms with Crippen molar-refractivity contribution in [1.29, 1.82) is 0 Å². The van der Waals surface area contributed by atoms with Crippen LogP contribution in [0.15, 0.2) is 219 Å². The zero-order valence-electron chi connectivity index (χ0n) is 43.8. The molecule has 0 unspecified atom stereocenters. The lowest BCUT2D eigenvalue weighted by Crippen LogP contribution is -2.10. The van der Waals surface area contributed by atoms with Crippen molar-refractivity contribution in [3.63, 3.8) is 0 Å². The van der Waals surface area contributed by atoms with Crippen LogP contribution < -0.4 is 9.80 Å². The van der Waals surface area contributed by atoms with Crippen molar-refractivity contribution in [2.75, 3.05) is 23.0 Å². The van der Waals surface area contributed by atoms with Crippen molar-refractivity contribution in [1.82, 2.24) is 0 Å². The highest BCUT2D eigenvalue weighted by Gasteiger charge is 2.16. The monoisotopic (exact) mass is 1000 g/mol. The molecule has 9 aromatic rings. The molecule has 1 heterocycles. The zero-order chi connectivity index (χ0) is 51.6. The van der Waals surface area contributed by atoms with E-state index in [0.29, 0.717) is 13.2 Å². The van der Waals surface area contributed by atoms with Crippen LogP contribution in [0.5, 0.6) is 0 Å². The van der Waals surface area contributed by atoms with Gasteiger partial charge in [-0.1, -0.05) is 173 Å². The lowest BCUT2D eigenvalue weighted by atomic mass is 10.1. The van der Waals surface area contributed by atoms with Crippen molar-refractivity contribution in [2.45, 2.75) is 78.4 Å². The second-order valence-corrected chi connectivity index (χ2v) is 20.4. The number of thiophene rings is 1. The van der Waals surface area contributed by atoms with Gasteiger partial charge in [0.2, 0.25) is 0 Å². The van der Waals surface area contributed by atoms with E-state index in [9.17, 15) is 0 Å². The lowest BCUT2D eigenvalue weighted by Gasteiger charge is -2.26. The molecule has 0 radical (unpaired) electrons. The topological polar surface area (TPSA) is 24.9 Å². The second-order valence-electron chi connectivity index (χ2n) is 19.3. The van der Waals surface area contributed by atoms with Crippen LogP contribution in [0.4, 0.5) is 34.1 Å². The zero-order valence-corrected chi connectivity index (χ0v) is 44.6. The Kier molecular flexibility index (Phi) is 18.6. The van der Waals surface area contributed by atoms with Gasteiger partial charge in [-0.2, -0.15) is 0 Å². The number of rotatable bonds is 26. The molecule has 9 rings (SSSR count). The van der Waals surface area contributed by atoms with E-state index in [4.69, 9.17) is 9.47 Å². The van der Waals surface area contributed by atoms with E-state index >= 15 is 0 Å². The first-order valence-corrected chi connectivity index (χ1v) is 27.6. The van der Waals surface area contributed by atoms with Crippen LogP contribution in [0.1, 0.15) is 84.0 Å². The summed E-state index contributed by atoms with van der Waals surface area (Å²) in [5.41, 5.74) is 19.1. The van der Waals surface area contributed by atoms with Gasteiger partial charge in [-0.25, -0.2) is 0 Å². The molecule has 5 heteroatoms. The molecule has 0 bridgehead atoms. The van der Waals surface area contributed by atoms with E-state index in [2.05, 4.69) is 243 Å². The Balaban J connectivity index is 0.857. The molecule has 0 aliphatic carbocycles. The average molecular weight is 1000 g/mol. The number of hydrogen-bond donors (Lipinski definition) is 0. The summed E-state index contributed by atoms with van der Waals surface area (Å²) in [6.45, 7) is 14.8. The molecule has 0 atom stereocenters. The minimum atomic E-state index is 0.546. The quantitative estimate of drug-likeness (QED) is 0.0505. The summed E-state index contributed by atoms with van der Waals surface area (Å²) in [5.74, 6) is 0. The molecule has 0 fully saturated rings. The van der Waals surface area contributed by atoms with Crippen molar-refractivity contribution in [3.05, 3.63) is 264 Å². The summed E-state index contributed by atoms with van der Waals surface area (Å²) in [5, 5.41) is 0. The first kappa shape index (κ1) is 52.3. The Morgan fingerprint density at radius 2 is 0.640 bits per heavy atom. The summed E-state index contributed by atoms with van der Waals surface area (Å²) < 4.78 is 12.1. The van der Waals surface area contributed by atoms with Crippen molar-refractivity contribution in [3.8, 4) is 20.9 Å². The highest BCUT2D eigenvalue weighted by Crippen LogP contribution is 2.41. The SMILES string of the molecule is C=Cc1ccc(CCCOCCCc2ccc(N(c3ccc(CCC)cc3)c3ccc(-c4ccc(-c5ccc(N(c6ccc(CCC)cc6)c6ccc(COCc7ccc(C=C)cc7)cc6)cc5)s4)cc3)cc2)cc1. The number of benzene rings is 8. The Labute approximate surface area is 450 Å². The van der Waals surface area contributed by atoms with Gasteiger partial charge in [-0.05, 0) is 179 Å². The highest BCUT2D eigenvalue weighted by atomic mass is 32.1. The molecule has 8 aromatic carbocycles. The van der Waals surface area contributed by atoms with Crippen LogP contribution in [-0.4, -0.2) is 13.2 Å². The molecule has 0 saturated carbocycles. The van der Waals surface area contributed by atoms with Crippen LogP contribution in [0.2, 0.25) is 0 Å². The summed E-state index contributed by atoms with van der Waals surface area (Å²) >= 11 is 1.83.